The predicted octanol–water partition coefficient (Wildman–Crippen LogP) is 3.60. The van der Waals surface area contributed by atoms with Gasteiger partial charge < -0.3 is 19.7 Å². The average molecular weight is 410 g/mol. The number of ether oxygens (including phenoxy) is 2. The number of methoxy groups -OCH3 is 1. The Kier molecular flexibility index (Phi) is 6.61. The lowest BCUT2D eigenvalue weighted by atomic mass is 9.93. The Morgan fingerprint density at radius 3 is 2.50 bits per heavy atom. The number of esters is 1. The van der Waals surface area contributed by atoms with Crippen LogP contribution in [-0.4, -0.2) is 42.3 Å². The van der Waals surface area contributed by atoms with Crippen LogP contribution in [0.2, 0.25) is 0 Å². The van der Waals surface area contributed by atoms with E-state index in [2.05, 4.69) is 5.32 Å². The van der Waals surface area contributed by atoms with Gasteiger partial charge in [0.1, 0.15) is 18.2 Å². The van der Waals surface area contributed by atoms with E-state index in [0.29, 0.717) is 10.8 Å². The van der Waals surface area contributed by atoms with Crippen LogP contribution in [0.1, 0.15) is 44.2 Å². The highest BCUT2D eigenvalue weighted by Gasteiger charge is 2.40. The minimum Gasteiger partial charge on any atom is -0.460 e. The van der Waals surface area contributed by atoms with Gasteiger partial charge in [-0.1, -0.05) is 18.9 Å². The fourth-order valence-corrected chi connectivity index (χ4v) is 4.33. The number of hydrogen-bond acceptors (Lipinski definition) is 4. The third-order valence-electron chi connectivity index (χ3n) is 5.25. The highest BCUT2D eigenvalue weighted by molar-refractivity contribution is 7.80. The number of rotatable bonds is 6. The number of thiocarbonyl (C=S) groups is 1. The summed E-state index contributed by atoms with van der Waals surface area (Å²) < 4.78 is 39.2. The topological polar surface area (TPSA) is 50.8 Å². The number of halogens is 2. The van der Waals surface area contributed by atoms with E-state index in [9.17, 15) is 13.6 Å². The Bertz CT molecular complexity index is 773. The van der Waals surface area contributed by atoms with Crippen LogP contribution in [0.25, 0.3) is 0 Å². The Morgan fingerprint density at radius 1 is 1.25 bits per heavy atom. The van der Waals surface area contributed by atoms with Crippen molar-refractivity contribution >= 4 is 23.3 Å². The molecule has 1 aromatic carbocycles. The van der Waals surface area contributed by atoms with E-state index in [1.165, 1.54) is 13.2 Å². The van der Waals surface area contributed by atoms with Gasteiger partial charge in [-0.2, -0.15) is 0 Å². The molecule has 1 atom stereocenters. The smallest absolute Gasteiger partial charge is 0.338 e. The van der Waals surface area contributed by atoms with Crippen molar-refractivity contribution in [2.75, 3.05) is 20.3 Å². The van der Waals surface area contributed by atoms with Gasteiger partial charge >= 0.3 is 5.97 Å². The first-order valence-electron chi connectivity index (χ1n) is 9.36. The molecule has 0 bridgehead atoms. The van der Waals surface area contributed by atoms with Crippen molar-refractivity contribution in [1.82, 2.24) is 10.2 Å². The summed E-state index contributed by atoms with van der Waals surface area (Å²) >= 11 is 5.51. The monoisotopic (exact) mass is 410 g/mol. The summed E-state index contributed by atoms with van der Waals surface area (Å²) in [6, 6.07) is 2.72. The van der Waals surface area contributed by atoms with Gasteiger partial charge in [-0.3, -0.25) is 0 Å². The molecule has 0 spiro atoms. The molecule has 0 aromatic heterocycles. The standard InChI is InChI=1S/C20H24F2N2O3S/c1-12-16(19(25)27-11-10-26-2)18(17-14(21)8-5-9-15(17)22)23-20(28)24(12)13-6-3-4-7-13/h5,8-9,13,18H,3-4,6-7,10-11H2,1-2H3,(H,23,28)/t18-/m0/s1. The van der Waals surface area contributed by atoms with Gasteiger partial charge in [0.15, 0.2) is 5.11 Å². The number of carbonyl (C=O) groups excluding carboxylic acids is 1. The van der Waals surface area contributed by atoms with E-state index >= 15 is 0 Å². The van der Waals surface area contributed by atoms with Crippen LogP contribution in [-0.2, 0) is 14.3 Å². The molecule has 0 amide bonds. The first-order chi connectivity index (χ1) is 13.5. The lowest BCUT2D eigenvalue weighted by molar-refractivity contribution is -0.140. The van der Waals surface area contributed by atoms with Crippen molar-refractivity contribution in [2.24, 2.45) is 0 Å². The van der Waals surface area contributed by atoms with Crippen LogP contribution in [0.3, 0.4) is 0 Å². The summed E-state index contributed by atoms with van der Waals surface area (Å²) in [4.78, 5) is 14.8. The summed E-state index contributed by atoms with van der Waals surface area (Å²) in [5.74, 6) is -2.13. The number of benzene rings is 1. The second-order valence-corrected chi connectivity index (χ2v) is 7.34. The zero-order chi connectivity index (χ0) is 20.3. The van der Waals surface area contributed by atoms with Crippen molar-refractivity contribution in [3.63, 3.8) is 0 Å². The fraction of sp³-hybridized carbons (Fsp3) is 0.500. The third-order valence-corrected chi connectivity index (χ3v) is 5.56. The maximum atomic E-state index is 14.5. The molecular weight excluding hydrogens is 386 g/mol. The number of nitrogens with zero attached hydrogens (tertiary/aromatic N) is 1. The molecular formula is C20H24F2N2O3S. The molecule has 1 aromatic rings. The molecule has 152 valence electrons. The Hall–Kier alpha value is -2.06. The SMILES string of the molecule is COCCOC(=O)C1=C(C)N(C2CCCC2)C(=S)N[C@@H]1c1c(F)cccc1F. The van der Waals surface area contributed by atoms with Crippen LogP contribution in [0.15, 0.2) is 29.5 Å². The molecule has 3 rings (SSSR count). The normalized spacial score (nSPS) is 20.5. The van der Waals surface area contributed by atoms with Gasteiger partial charge in [-0.05, 0) is 44.1 Å². The quantitative estimate of drug-likeness (QED) is 0.439. The Morgan fingerprint density at radius 2 is 1.89 bits per heavy atom. The van der Waals surface area contributed by atoms with Gasteiger partial charge in [0.25, 0.3) is 0 Å². The van der Waals surface area contributed by atoms with Gasteiger partial charge in [0.05, 0.1) is 23.8 Å². The molecule has 1 aliphatic heterocycles. The molecule has 8 heteroatoms. The van der Waals surface area contributed by atoms with Crippen molar-refractivity contribution in [3.8, 4) is 0 Å². The van der Waals surface area contributed by atoms with Gasteiger partial charge in [0, 0.05) is 18.8 Å². The highest BCUT2D eigenvalue weighted by atomic mass is 32.1. The van der Waals surface area contributed by atoms with Crippen molar-refractivity contribution in [3.05, 3.63) is 46.7 Å². The van der Waals surface area contributed by atoms with E-state index in [-0.39, 0.29) is 30.4 Å². The summed E-state index contributed by atoms with van der Waals surface area (Å²) in [7, 11) is 1.50. The summed E-state index contributed by atoms with van der Waals surface area (Å²) in [5.41, 5.74) is 0.500. The van der Waals surface area contributed by atoms with Crippen molar-refractivity contribution in [1.29, 1.82) is 0 Å². The minimum absolute atomic E-state index is 0.0481. The van der Waals surface area contributed by atoms with Crippen molar-refractivity contribution in [2.45, 2.75) is 44.7 Å². The van der Waals surface area contributed by atoms with E-state index < -0.39 is 23.6 Å². The molecule has 0 saturated heterocycles. The largest absolute Gasteiger partial charge is 0.460 e. The number of hydrogen-bond donors (Lipinski definition) is 1. The second-order valence-electron chi connectivity index (χ2n) is 6.95. The first-order valence-corrected chi connectivity index (χ1v) is 9.77. The molecule has 2 aliphatic rings. The maximum Gasteiger partial charge on any atom is 0.338 e. The number of allylic oxidation sites excluding steroid dienone is 1. The molecule has 1 fully saturated rings. The zero-order valence-electron chi connectivity index (χ0n) is 16.0. The van der Waals surface area contributed by atoms with Crippen LogP contribution < -0.4 is 5.32 Å². The van der Waals surface area contributed by atoms with Gasteiger partial charge in [-0.15, -0.1) is 0 Å². The lowest BCUT2D eigenvalue weighted by Gasteiger charge is -2.40. The maximum absolute atomic E-state index is 14.5. The second kappa shape index (κ2) is 8.96. The molecule has 1 saturated carbocycles. The van der Waals surface area contributed by atoms with Crippen LogP contribution >= 0.6 is 12.2 Å². The summed E-state index contributed by atoms with van der Waals surface area (Å²) in [5, 5.41) is 3.35. The molecule has 28 heavy (non-hydrogen) atoms. The number of nitrogens with one attached hydrogen (secondary N) is 1. The Balaban J connectivity index is 2.05. The predicted molar refractivity (Wildman–Crippen MR) is 104 cm³/mol. The average Bonchev–Trinajstić information content (AvgIpc) is 3.15. The highest BCUT2D eigenvalue weighted by Crippen LogP contribution is 2.37. The summed E-state index contributed by atoms with van der Waals surface area (Å²) in [6.07, 6.45) is 4.06. The molecule has 1 N–H and O–H groups in total. The summed E-state index contributed by atoms with van der Waals surface area (Å²) in [6.45, 7) is 2.03. The Labute approximate surface area is 168 Å². The van der Waals surface area contributed by atoms with Gasteiger partial charge in [0.2, 0.25) is 0 Å². The van der Waals surface area contributed by atoms with E-state index in [4.69, 9.17) is 21.7 Å². The van der Waals surface area contributed by atoms with E-state index in [1.54, 1.807) is 6.92 Å². The fourth-order valence-electron chi connectivity index (χ4n) is 3.92. The van der Waals surface area contributed by atoms with E-state index in [0.717, 1.165) is 37.8 Å². The molecule has 1 heterocycles. The molecule has 0 radical (unpaired) electrons. The van der Waals surface area contributed by atoms with Crippen molar-refractivity contribution < 1.29 is 23.0 Å². The van der Waals surface area contributed by atoms with E-state index in [1.807, 2.05) is 4.90 Å². The molecule has 5 nitrogen and oxygen atoms in total. The number of carbonyl (C=O) groups is 1. The first kappa shape index (κ1) is 20.7. The molecule has 0 unspecified atom stereocenters. The minimum atomic E-state index is -1.05. The lowest BCUT2D eigenvalue weighted by Crippen LogP contribution is -2.51. The zero-order valence-corrected chi connectivity index (χ0v) is 16.8. The van der Waals surface area contributed by atoms with Gasteiger partial charge in [-0.25, -0.2) is 13.6 Å². The van der Waals surface area contributed by atoms with Crippen LogP contribution in [0, 0.1) is 11.6 Å². The van der Waals surface area contributed by atoms with Crippen LogP contribution in [0.4, 0.5) is 8.78 Å². The molecule has 1 aliphatic carbocycles. The van der Waals surface area contributed by atoms with Crippen LogP contribution in [0.5, 0.6) is 0 Å². The third kappa shape index (κ3) is 4.03.